The zero-order chi connectivity index (χ0) is 12.8. The van der Waals surface area contributed by atoms with E-state index in [0.29, 0.717) is 19.0 Å². The molecule has 1 amide bonds. The van der Waals surface area contributed by atoms with Gasteiger partial charge in [-0.05, 0) is 25.3 Å². The second-order valence-corrected chi connectivity index (χ2v) is 4.70. The van der Waals surface area contributed by atoms with Crippen molar-refractivity contribution in [3.63, 3.8) is 0 Å². The summed E-state index contributed by atoms with van der Waals surface area (Å²) in [6.07, 6.45) is 2.99. The van der Waals surface area contributed by atoms with E-state index in [2.05, 4.69) is 10.1 Å². The Hall–Kier alpha value is -1.10. The highest BCUT2D eigenvalue weighted by molar-refractivity contribution is 5.80. The number of rotatable bonds is 5. The van der Waals surface area contributed by atoms with Crippen LogP contribution in [-0.4, -0.2) is 32.1 Å². The number of amides is 1. The van der Waals surface area contributed by atoms with Crippen molar-refractivity contribution in [2.24, 2.45) is 23.5 Å². The summed E-state index contributed by atoms with van der Waals surface area (Å²) < 4.78 is 4.60. The van der Waals surface area contributed by atoms with Gasteiger partial charge in [-0.25, -0.2) is 0 Å². The van der Waals surface area contributed by atoms with Crippen molar-refractivity contribution in [2.45, 2.75) is 26.2 Å². The molecule has 0 aliphatic heterocycles. The molecule has 98 valence electrons. The van der Waals surface area contributed by atoms with Crippen molar-refractivity contribution in [1.29, 1.82) is 0 Å². The van der Waals surface area contributed by atoms with Crippen LogP contribution in [0.25, 0.3) is 0 Å². The van der Waals surface area contributed by atoms with Gasteiger partial charge >= 0.3 is 5.97 Å². The predicted molar refractivity (Wildman–Crippen MR) is 64.1 cm³/mol. The van der Waals surface area contributed by atoms with E-state index in [0.717, 1.165) is 19.3 Å². The lowest BCUT2D eigenvalue weighted by molar-refractivity contribution is -0.144. The lowest BCUT2D eigenvalue weighted by Crippen LogP contribution is -2.38. The van der Waals surface area contributed by atoms with Crippen molar-refractivity contribution in [3.8, 4) is 0 Å². The number of methoxy groups -OCH3 is 1. The normalized spacial score (nSPS) is 25.4. The average Bonchev–Trinajstić information content (AvgIpc) is 2.82. The summed E-state index contributed by atoms with van der Waals surface area (Å²) in [7, 11) is 1.35. The largest absolute Gasteiger partial charge is 0.469 e. The fraction of sp³-hybridized carbons (Fsp3) is 0.833. The molecule has 3 N–H and O–H groups in total. The van der Waals surface area contributed by atoms with Gasteiger partial charge in [0, 0.05) is 12.5 Å². The van der Waals surface area contributed by atoms with Crippen LogP contribution in [0.15, 0.2) is 0 Å². The third kappa shape index (κ3) is 3.70. The molecule has 0 aromatic heterocycles. The summed E-state index contributed by atoms with van der Waals surface area (Å²) >= 11 is 0. The van der Waals surface area contributed by atoms with E-state index in [-0.39, 0.29) is 23.7 Å². The molecule has 0 aromatic carbocycles. The Kier molecular flexibility index (Phi) is 5.41. The fourth-order valence-electron chi connectivity index (χ4n) is 2.33. The quantitative estimate of drug-likeness (QED) is 0.679. The summed E-state index contributed by atoms with van der Waals surface area (Å²) in [6, 6.07) is 0. The maximum atomic E-state index is 11.9. The molecular weight excluding hydrogens is 220 g/mol. The zero-order valence-corrected chi connectivity index (χ0v) is 10.6. The molecule has 1 aliphatic rings. The van der Waals surface area contributed by atoms with Crippen molar-refractivity contribution in [2.75, 3.05) is 20.2 Å². The Labute approximate surface area is 102 Å². The van der Waals surface area contributed by atoms with Crippen molar-refractivity contribution < 1.29 is 14.3 Å². The molecule has 0 aromatic rings. The van der Waals surface area contributed by atoms with E-state index >= 15 is 0 Å². The molecule has 1 saturated carbocycles. The van der Waals surface area contributed by atoms with Gasteiger partial charge in [0.15, 0.2) is 0 Å². The molecular formula is C12H22N2O3. The van der Waals surface area contributed by atoms with Gasteiger partial charge in [-0.2, -0.15) is 0 Å². The minimum absolute atomic E-state index is 0.0184. The topological polar surface area (TPSA) is 81.4 Å². The van der Waals surface area contributed by atoms with Crippen LogP contribution in [0.5, 0.6) is 0 Å². The minimum atomic E-state index is -0.304. The van der Waals surface area contributed by atoms with E-state index in [4.69, 9.17) is 5.73 Å². The predicted octanol–water partition coefficient (Wildman–Crippen LogP) is 0.287. The zero-order valence-electron chi connectivity index (χ0n) is 10.6. The summed E-state index contributed by atoms with van der Waals surface area (Å²) in [4.78, 5) is 23.1. The van der Waals surface area contributed by atoms with Gasteiger partial charge in [-0.1, -0.05) is 13.3 Å². The number of ether oxygens (including phenoxy) is 1. The summed E-state index contributed by atoms with van der Waals surface area (Å²) in [5.74, 6) is -0.268. The highest BCUT2D eigenvalue weighted by atomic mass is 16.5. The Bertz CT molecular complexity index is 281. The molecule has 5 heteroatoms. The molecule has 1 rings (SSSR count). The van der Waals surface area contributed by atoms with Crippen LogP contribution < -0.4 is 11.1 Å². The number of carbonyl (C=O) groups excluding carboxylic acids is 2. The van der Waals surface area contributed by atoms with E-state index < -0.39 is 0 Å². The first kappa shape index (κ1) is 14.0. The number of hydrogen-bond donors (Lipinski definition) is 2. The third-order valence-corrected chi connectivity index (χ3v) is 3.48. The molecule has 1 aliphatic carbocycles. The fourth-order valence-corrected chi connectivity index (χ4v) is 2.33. The first-order valence-electron chi connectivity index (χ1n) is 6.15. The first-order valence-corrected chi connectivity index (χ1v) is 6.15. The third-order valence-electron chi connectivity index (χ3n) is 3.48. The van der Waals surface area contributed by atoms with E-state index in [1.807, 2.05) is 0 Å². The Morgan fingerprint density at radius 3 is 2.76 bits per heavy atom. The van der Waals surface area contributed by atoms with Gasteiger partial charge in [0.2, 0.25) is 5.91 Å². The van der Waals surface area contributed by atoms with Crippen molar-refractivity contribution in [1.82, 2.24) is 5.32 Å². The molecule has 0 radical (unpaired) electrons. The molecule has 1 unspecified atom stereocenters. The second kappa shape index (κ2) is 6.59. The standard InChI is InChI=1S/C12H22N2O3/c1-8(12(16)17-2)7-14-11(15)10-5-3-4-9(10)6-13/h8-10H,3-7,13H2,1-2H3,(H,14,15)/t8?,9-,10-/m1/s1. The van der Waals surface area contributed by atoms with Crippen molar-refractivity contribution in [3.05, 3.63) is 0 Å². The van der Waals surface area contributed by atoms with E-state index in [1.54, 1.807) is 6.92 Å². The summed E-state index contributed by atoms with van der Waals surface area (Å²) in [5, 5.41) is 2.81. The average molecular weight is 242 g/mol. The molecule has 17 heavy (non-hydrogen) atoms. The van der Waals surface area contributed by atoms with Gasteiger partial charge in [-0.15, -0.1) is 0 Å². The molecule has 1 fully saturated rings. The second-order valence-electron chi connectivity index (χ2n) is 4.70. The van der Waals surface area contributed by atoms with Crippen molar-refractivity contribution >= 4 is 11.9 Å². The molecule has 3 atom stereocenters. The van der Waals surface area contributed by atoms with Crippen LogP contribution in [0.3, 0.4) is 0 Å². The Balaban J connectivity index is 2.36. The smallest absolute Gasteiger partial charge is 0.310 e. The van der Waals surface area contributed by atoms with Gasteiger partial charge < -0.3 is 15.8 Å². The molecule has 0 saturated heterocycles. The van der Waals surface area contributed by atoms with Gasteiger partial charge in [0.25, 0.3) is 0 Å². The van der Waals surface area contributed by atoms with Crippen LogP contribution >= 0.6 is 0 Å². The maximum Gasteiger partial charge on any atom is 0.310 e. The highest BCUT2D eigenvalue weighted by Crippen LogP contribution is 2.30. The maximum absolute atomic E-state index is 11.9. The van der Waals surface area contributed by atoms with Crippen LogP contribution in [0.4, 0.5) is 0 Å². The van der Waals surface area contributed by atoms with E-state index in [1.165, 1.54) is 7.11 Å². The van der Waals surface area contributed by atoms with Crippen LogP contribution in [-0.2, 0) is 14.3 Å². The van der Waals surface area contributed by atoms with Gasteiger partial charge in [-0.3, -0.25) is 9.59 Å². The Morgan fingerprint density at radius 2 is 2.18 bits per heavy atom. The van der Waals surface area contributed by atoms with E-state index in [9.17, 15) is 9.59 Å². The molecule has 0 bridgehead atoms. The number of nitrogens with two attached hydrogens (primary N) is 1. The van der Waals surface area contributed by atoms with Gasteiger partial charge in [0.1, 0.15) is 0 Å². The first-order chi connectivity index (χ1) is 8.10. The SMILES string of the molecule is COC(=O)C(C)CNC(=O)[C@@H]1CCC[C@@H]1CN. The lowest BCUT2D eigenvalue weighted by atomic mass is 9.95. The molecule has 0 spiro atoms. The van der Waals surface area contributed by atoms with Gasteiger partial charge in [0.05, 0.1) is 13.0 Å². The van der Waals surface area contributed by atoms with Crippen LogP contribution in [0, 0.1) is 17.8 Å². The molecule has 5 nitrogen and oxygen atoms in total. The number of esters is 1. The summed E-state index contributed by atoms with van der Waals surface area (Å²) in [5.41, 5.74) is 5.63. The lowest BCUT2D eigenvalue weighted by Gasteiger charge is -2.18. The van der Waals surface area contributed by atoms with Crippen LogP contribution in [0.1, 0.15) is 26.2 Å². The minimum Gasteiger partial charge on any atom is -0.469 e. The van der Waals surface area contributed by atoms with Crippen LogP contribution in [0.2, 0.25) is 0 Å². The number of nitrogens with one attached hydrogen (secondary N) is 1. The molecule has 0 heterocycles. The summed E-state index contributed by atoms with van der Waals surface area (Å²) in [6.45, 7) is 2.63. The monoisotopic (exact) mass is 242 g/mol. The highest BCUT2D eigenvalue weighted by Gasteiger charge is 2.32. The number of carbonyl (C=O) groups is 2. The number of hydrogen-bond acceptors (Lipinski definition) is 4. The Morgan fingerprint density at radius 1 is 1.47 bits per heavy atom.